The van der Waals surface area contributed by atoms with Crippen LogP contribution in [-0.4, -0.2) is 35.1 Å². The van der Waals surface area contributed by atoms with Crippen molar-refractivity contribution in [2.45, 2.75) is 32.0 Å². The Bertz CT molecular complexity index is 600. The van der Waals surface area contributed by atoms with Gasteiger partial charge < -0.3 is 15.3 Å². The Hall–Kier alpha value is -2.25. The molecule has 2 amide bonds. The number of aliphatic carboxylic acids is 1. The third-order valence-corrected chi connectivity index (χ3v) is 3.76. The number of hydrogen-bond donors (Lipinski definition) is 2. The van der Waals surface area contributed by atoms with Gasteiger partial charge in [0.2, 0.25) is 0 Å². The zero-order valence-corrected chi connectivity index (χ0v) is 13.0. The van der Waals surface area contributed by atoms with Crippen molar-refractivity contribution in [1.82, 2.24) is 10.2 Å². The molecule has 0 saturated heterocycles. The number of halogens is 3. The Morgan fingerprint density at radius 1 is 1.25 bits per heavy atom. The summed E-state index contributed by atoms with van der Waals surface area (Å²) in [6, 6.07) is 4.62. The molecule has 2 N–H and O–H groups in total. The van der Waals surface area contributed by atoms with E-state index in [1.807, 2.05) is 0 Å². The van der Waals surface area contributed by atoms with Crippen molar-refractivity contribution >= 4 is 12.0 Å². The van der Waals surface area contributed by atoms with Crippen molar-refractivity contribution in [2.24, 2.45) is 5.92 Å². The minimum atomic E-state index is -4.48. The van der Waals surface area contributed by atoms with Crippen LogP contribution < -0.4 is 5.32 Å². The molecule has 2 rings (SSSR count). The maximum Gasteiger partial charge on any atom is 0.416 e. The van der Waals surface area contributed by atoms with Crippen molar-refractivity contribution in [1.29, 1.82) is 0 Å². The summed E-state index contributed by atoms with van der Waals surface area (Å²) in [6.07, 6.45) is -2.83. The van der Waals surface area contributed by atoms with Gasteiger partial charge in [0.1, 0.15) is 0 Å². The summed E-state index contributed by atoms with van der Waals surface area (Å²) >= 11 is 0. The summed E-state index contributed by atoms with van der Waals surface area (Å²) in [5.41, 5.74) is -0.733. The van der Waals surface area contributed by atoms with Gasteiger partial charge in [0.15, 0.2) is 0 Å². The van der Waals surface area contributed by atoms with Gasteiger partial charge in [-0.1, -0.05) is 18.2 Å². The summed E-state index contributed by atoms with van der Waals surface area (Å²) in [5, 5.41) is 11.0. The average Bonchev–Trinajstić information content (AvgIpc) is 3.29. The topological polar surface area (TPSA) is 69.6 Å². The van der Waals surface area contributed by atoms with Gasteiger partial charge in [-0.25, -0.2) is 4.79 Å². The summed E-state index contributed by atoms with van der Waals surface area (Å²) < 4.78 is 39.2. The maximum atomic E-state index is 13.1. The molecule has 1 aromatic carbocycles. The van der Waals surface area contributed by atoms with Crippen LogP contribution in [0.15, 0.2) is 24.3 Å². The van der Waals surface area contributed by atoms with Crippen molar-refractivity contribution in [2.75, 3.05) is 13.1 Å². The largest absolute Gasteiger partial charge is 0.481 e. The molecule has 5 nitrogen and oxygen atoms in total. The molecular weight excluding hydrogens is 325 g/mol. The molecule has 8 heteroatoms. The SMILES string of the molecule is O=C(O)CCNC(=O)N(Cc1ccccc1C(F)(F)F)CC1CC1. The lowest BCUT2D eigenvalue weighted by Crippen LogP contribution is -2.41. The molecule has 0 unspecified atom stereocenters. The second-order valence-corrected chi connectivity index (χ2v) is 5.85. The minimum Gasteiger partial charge on any atom is -0.481 e. The van der Waals surface area contributed by atoms with Crippen molar-refractivity contribution in [3.63, 3.8) is 0 Å². The fourth-order valence-corrected chi connectivity index (χ4v) is 2.36. The van der Waals surface area contributed by atoms with E-state index < -0.39 is 23.7 Å². The smallest absolute Gasteiger partial charge is 0.416 e. The van der Waals surface area contributed by atoms with Crippen molar-refractivity contribution < 1.29 is 27.9 Å². The average molecular weight is 344 g/mol. The van der Waals surface area contributed by atoms with Crippen LogP contribution in [0.25, 0.3) is 0 Å². The van der Waals surface area contributed by atoms with Gasteiger partial charge in [-0.3, -0.25) is 4.79 Å². The first-order valence-corrected chi connectivity index (χ1v) is 7.67. The standard InChI is InChI=1S/C16H19F3N2O3/c17-16(18,19)13-4-2-1-3-12(13)10-21(9-11-5-6-11)15(24)20-8-7-14(22)23/h1-4,11H,5-10H2,(H,20,24)(H,22,23). The van der Waals surface area contributed by atoms with Crippen molar-refractivity contribution in [3.05, 3.63) is 35.4 Å². The molecule has 0 aromatic heterocycles. The van der Waals surface area contributed by atoms with Crippen LogP contribution in [0, 0.1) is 5.92 Å². The highest BCUT2D eigenvalue weighted by Gasteiger charge is 2.34. The summed E-state index contributed by atoms with van der Waals surface area (Å²) in [6.45, 7) is 0.145. The number of carboxylic acid groups (broad SMARTS) is 1. The highest BCUT2D eigenvalue weighted by atomic mass is 19.4. The van der Waals surface area contributed by atoms with Crippen molar-refractivity contribution in [3.8, 4) is 0 Å². The highest BCUT2D eigenvalue weighted by Crippen LogP contribution is 2.34. The zero-order valence-electron chi connectivity index (χ0n) is 13.0. The number of carboxylic acids is 1. The molecule has 1 fully saturated rings. The third kappa shape index (κ3) is 5.43. The van der Waals surface area contributed by atoms with E-state index in [0.717, 1.165) is 18.9 Å². The van der Waals surface area contributed by atoms with Gasteiger partial charge in [0.25, 0.3) is 0 Å². The predicted octanol–water partition coefficient (Wildman–Crippen LogP) is 3.10. The van der Waals surface area contributed by atoms with Crippen LogP contribution >= 0.6 is 0 Å². The normalized spacial score (nSPS) is 14.3. The molecule has 1 aromatic rings. The molecule has 132 valence electrons. The summed E-state index contributed by atoms with van der Waals surface area (Å²) in [5.74, 6) is -0.750. The number of alkyl halides is 3. The van der Waals surface area contributed by atoms with E-state index in [4.69, 9.17) is 5.11 Å². The summed E-state index contributed by atoms with van der Waals surface area (Å²) in [4.78, 5) is 24.0. The minimum absolute atomic E-state index is 0.0269. The van der Waals surface area contributed by atoms with Gasteiger partial charge >= 0.3 is 18.2 Å². The van der Waals surface area contributed by atoms with E-state index in [0.29, 0.717) is 12.5 Å². The van der Waals surface area contributed by atoms with Crippen LogP contribution in [0.3, 0.4) is 0 Å². The van der Waals surface area contributed by atoms with Crippen LogP contribution in [0.1, 0.15) is 30.4 Å². The second-order valence-electron chi connectivity index (χ2n) is 5.85. The third-order valence-electron chi connectivity index (χ3n) is 3.76. The highest BCUT2D eigenvalue weighted by molar-refractivity contribution is 5.75. The Morgan fingerprint density at radius 3 is 2.50 bits per heavy atom. The van der Waals surface area contributed by atoms with Crippen LogP contribution in [-0.2, 0) is 17.5 Å². The molecule has 1 aliphatic rings. The molecule has 0 aliphatic heterocycles. The van der Waals surface area contributed by atoms with E-state index in [-0.39, 0.29) is 25.1 Å². The number of hydrogen-bond acceptors (Lipinski definition) is 2. The van der Waals surface area contributed by atoms with Crippen LogP contribution in [0.2, 0.25) is 0 Å². The molecule has 0 bridgehead atoms. The number of benzene rings is 1. The van der Waals surface area contributed by atoms with Crippen LogP contribution in [0.5, 0.6) is 0 Å². The number of carbonyl (C=O) groups is 2. The zero-order chi connectivity index (χ0) is 17.7. The molecule has 0 radical (unpaired) electrons. The lowest BCUT2D eigenvalue weighted by Gasteiger charge is -2.24. The van der Waals surface area contributed by atoms with Crippen LogP contribution in [0.4, 0.5) is 18.0 Å². The predicted molar refractivity (Wildman–Crippen MR) is 80.2 cm³/mol. The van der Waals surface area contributed by atoms with Gasteiger partial charge in [-0.2, -0.15) is 13.2 Å². The number of carbonyl (C=O) groups excluding carboxylic acids is 1. The van der Waals surface area contributed by atoms with E-state index in [9.17, 15) is 22.8 Å². The van der Waals surface area contributed by atoms with Gasteiger partial charge in [-0.05, 0) is 30.4 Å². The summed E-state index contributed by atoms with van der Waals surface area (Å²) in [7, 11) is 0. The van der Waals surface area contributed by atoms with Gasteiger partial charge in [0, 0.05) is 19.6 Å². The van der Waals surface area contributed by atoms with Gasteiger partial charge in [-0.15, -0.1) is 0 Å². The first-order chi connectivity index (χ1) is 11.3. The molecule has 0 heterocycles. The quantitative estimate of drug-likeness (QED) is 0.798. The first-order valence-electron chi connectivity index (χ1n) is 7.67. The lowest BCUT2D eigenvalue weighted by molar-refractivity contribution is -0.138. The molecule has 0 spiro atoms. The Balaban J connectivity index is 2.08. The van der Waals surface area contributed by atoms with E-state index >= 15 is 0 Å². The maximum absolute atomic E-state index is 13.1. The number of urea groups is 1. The molecule has 1 aliphatic carbocycles. The Labute approximate surface area is 137 Å². The Morgan fingerprint density at radius 2 is 1.92 bits per heavy atom. The second kappa shape index (κ2) is 7.55. The van der Waals surface area contributed by atoms with E-state index in [1.54, 1.807) is 0 Å². The number of amides is 2. The van der Waals surface area contributed by atoms with E-state index in [1.165, 1.54) is 23.1 Å². The number of rotatable bonds is 7. The molecule has 1 saturated carbocycles. The monoisotopic (exact) mass is 344 g/mol. The molecule has 0 atom stereocenters. The number of nitrogens with zero attached hydrogens (tertiary/aromatic N) is 1. The van der Waals surface area contributed by atoms with E-state index in [2.05, 4.69) is 5.32 Å². The van der Waals surface area contributed by atoms with Gasteiger partial charge in [0.05, 0.1) is 12.0 Å². The fraction of sp³-hybridized carbons (Fsp3) is 0.500. The Kier molecular flexibility index (Phi) is 5.69. The fourth-order valence-electron chi connectivity index (χ4n) is 2.36. The number of nitrogens with one attached hydrogen (secondary N) is 1. The first kappa shape index (κ1) is 18.1. The molecule has 24 heavy (non-hydrogen) atoms. The lowest BCUT2D eigenvalue weighted by atomic mass is 10.1. The molecular formula is C16H19F3N2O3.